The number of hydrogen-bond acceptors (Lipinski definition) is 2. The zero-order valence-electron chi connectivity index (χ0n) is 10.5. The second-order valence-electron chi connectivity index (χ2n) is 4.35. The van der Waals surface area contributed by atoms with Crippen LogP contribution in [0.3, 0.4) is 0 Å². The molecule has 0 aliphatic carbocycles. The van der Waals surface area contributed by atoms with E-state index in [1.807, 2.05) is 22.9 Å². The molecule has 1 aromatic heterocycles. The van der Waals surface area contributed by atoms with Crippen molar-refractivity contribution in [1.29, 1.82) is 0 Å². The zero-order chi connectivity index (χ0) is 13.7. The topological polar surface area (TPSA) is 30.7 Å². The molecule has 2 rings (SSSR count). The predicted octanol–water partition coefficient (Wildman–Crippen LogP) is 4.33. The van der Waals surface area contributed by atoms with Crippen LogP contribution in [0.5, 0.6) is 0 Å². The van der Waals surface area contributed by atoms with Crippen molar-refractivity contribution in [1.82, 2.24) is 14.8 Å². The summed E-state index contributed by atoms with van der Waals surface area (Å²) >= 11 is 12.2. The van der Waals surface area contributed by atoms with Crippen molar-refractivity contribution < 1.29 is 0 Å². The van der Waals surface area contributed by atoms with E-state index in [0.717, 1.165) is 24.9 Å². The highest BCUT2D eigenvalue weighted by Crippen LogP contribution is 2.31. The molecule has 3 nitrogen and oxygen atoms in total. The van der Waals surface area contributed by atoms with Gasteiger partial charge in [-0.2, -0.15) is 5.10 Å². The lowest BCUT2D eigenvalue weighted by atomic mass is 9.94. The lowest BCUT2D eigenvalue weighted by Gasteiger charge is -2.18. The Bertz CT molecular complexity index is 538. The van der Waals surface area contributed by atoms with Crippen LogP contribution in [0.1, 0.15) is 24.3 Å². The molecule has 5 heteroatoms. The van der Waals surface area contributed by atoms with Crippen LogP contribution in [0.15, 0.2) is 43.5 Å². The minimum Gasteiger partial charge on any atom is -0.252 e. The van der Waals surface area contributed by atoms with E-state index in [0.29, 0.717) is 10.0 Å². The molecule has 0 spiro atoms. The maximum absolute atomic E-state index is 6.29. The van der Waals surface area contributed by atoms with E-state index in [1.165, 1.54) is 6.33 Å². The van der Waals surface area contributed by atoms with Gasteiger partial charge in [0.25, 0.3) is 0 Å². The molecule has 0 aliphatic heterocycles. The maximum Gasteiger partial charge on any atom is 0.137 e. The Morgan fingerprint density at radius 3 is 2.84 bits per heavy atom. The van der Waals surface area contributed by atoms with Gasteiger partial charge in [-0.05, 0) is 30.5 Å². The molecule has 0 radical (unpaired) electrons. The summed E-state index contributed by atoms with van der Waals surface area (Å²) in [6.45, 7) is 4.52. The Hall–Kier alpha value is -1.32. The van der Waals surface area contributed by atoms with Crippen molar-refractivity contribution in [2.45, 2.75) is 25.3 Å². The quantitative estimate of drug-likeness (QED) is 0.743. The lowest BCUT2D eigenvalue weighted by Crippen LogP contribution is -2.10. The largest absolute Gasteiger partial charge is 0.252 e. The fourth-order valence-electron chi connectivity index (χ4n) is 2.05. The number of rotatable bonds is 6. The molecule has 1 heterocycles. The van der Waals surface area contributed by atoms with Crippen LogP contribution in [0.25, 0.3) is 0 Å². The summed E-state index contributed by atoms with van der Waals surface area (Å²) in [5, 5.41) is 5.49. The van der Waals surface area contributed by atoms with Crippen molar-refractivity contribution in [3.63, 3.8) is 0 Å². The molecule has 2 aromatic rings. The van der Waals surface area contributed by atoms with Crippen LogP contribution in [-0.2, 0) is 6.54 Å². The van der Waals surface area contributed by atoms with E-state index in [2.05, 4.69) is 16.7 Å². The van der Waals surface area contributed by atoms with E-state index < -0.39 is 0 Å². The first kappa shape index (κ1) is 14.1. The Labute approximate surface area is 122 Å². The zero-order valence-corrected chi connectivity index (χ0v) is 12.0. The van der Waals surface area contributed by atoms with Crippen molar-refractivity contribution in [3.8, 4) is 0 Å². The fourth-order valence-corrected chi connectivity index (χ4v) is 2.61. The van der Waals surface area contributed by atoms with Gasteiger partial charge in [0.2, 0.25) is 0 Å². The molecule has 1 atom stereocenters. The first-order valence-corrected chi connectivity index (χ1v) is 6.84. The molecule has 0 N–H and O–H groups in total. The number of hydrogen-bond donors (Lipinski definition) is 0. The van der Waals surface area contributed by atoms with Gasteiger partial charge < -0.3 is 0 Å². The van der Waals surface area contributed by atoms with E-state index in [1.54, 1.807) is 12.4 Å². The highest BCUT2D eigenvalue weighted by Gasteiger charge is 2.15. The van der Waals surface area contributed by atoms with Crippen molar-refractivity contribution >= 4 is 23.2 Å². The molecule has 1 unspecified atom stereocenters. The highest BCUT2D eigenvalue weighted by atomic mass is 35.5. The minimum atomic E-state index is 0.268. The third-order valence-electron chi connectivity index (χ3n) is 3.00. The first-order chi connectivity index (χ1) is 9.20. The van der Waals surface area contributed by atoms with Gasteiger partial charge in [0.1, 0.15) is 12.7 Å². The molecule has 100 valence electrons. The molecule has 0 saturated heterocycles. The molecule has 0 saturated carbocycles. The Morgan fingerprint density at radius 2 is 2.21 bits per heavy atom. The van der Waals surface area contributed by atoms with Gasteiger partial charge in [-0.25, -0.2) is 4.98 Å². The van der Waals surface area contributed by atoms with Crippen LogP contribution >= 0.6 is 23.2 Å². The molecule has 0 bridgehead atoms. The monoisotopic (exact) mass is 295 g/mol. The molecule has 1 aromatic carbocycles. The first-order valence-electron chi connectivity index (χ1n) is 6.09. The Balaban J connectivity index is 2.22. The summed E-state index contributed by atoms with van der Waals surface area (Å²) in [6, 6.07) is 5.63. The van der Waals surface area contributed by atoms with Crippen LogP contribution in [0, 0.1) is 0 Å². The van der Waals surface area contributed by atoms with Crippen LogP contribution in [0.4, 0.5) is 0 Å². The third-order valence-corrected chi connectivity index (χ3v) is 3.56. The highest BCUT2D eigenvalue weighted by molar-refractivity contribution is 6.35. The molecular weight excluding hydrogens is 281 g/mol. The SMILES string of the molecule is C=CCCC(Cn1cncn1)c1ccc(Cl)cc1Cl. The minimum absolute atomic E-state index is 0.268. The van der Waals surface area contributed by atoms with Crippen molar-refractivity contribution in [2.75, 3.05) is 0 Å². The van der Waals surface area contributed by atoms with Crippen LogP contribution in [-0.4, -0.2) is 14.8 Å². The maximum atomic E-state index is 6.29. The molecular formula is C14H15Cl2N3. The predicted molar refractivity (Wildman–Crippen MR) is 78.7 cm³/mol. The van der Waals surface area contributed by atoms with Gasteiger partial charge >= 0.3 is 0 Å². The number of allylic oxidation sites excluding steroid dienone is 1. The number of aromatic nitrogens is 3. The molecule has 0 aliphatic rings. The fraction of sp³-hybridized carbons (Fsp3) is 0.286. The summed E-state index contributed by atoms with van der Waals surface area (Å²) < 4.78 is 1.82. The van der Waals surface area contributed by atoms with Gasteiger partial charge in [0.05, 0.1) is 0 Å². The van der Waals surface area contributed by atoms with Gasteiger partial charge in [-0.3, -0.25) is 4.68 Å². The van der Waals surface area contributed by atoms with Crippen LogP contribution < -0.4 is 0 Å². The molecule has 19 heavy (non-hydrogen) atoms. The smallest absolute Gasteiger partial charge is 0.137 e. The summed E-state index contributed by atoms with van der Waals surface area (Å²) in [6.07, 6.45) is 7.06. The van der Waals surface area contributed by atoms with Gasteiger partial charge in [0.15, 0.2) is 0 Å². The van der Waals surface area contributed by atoms with Crippen molar-refractivity contribution in [3.05, 3.63) is 59.1 Å². The standard InChI is InChI=1S/C14H15Cl2N3/c1-2-3-4-11(8-19-10-17-9-18-19)13-6-5-12(15)7-14(13)16/h2,5-7,9-11H,1,3-4,8H2. The van der Waals surface area contributed by atoms with Gasteiger partial charge in [0, 0.05) is 22.5 Å². The normalized spacial score (nSPS) is 12.3. The number of benzene rings is 1. The summed E-state index contributed by atoms with van der Waals surface area (Å²) in [5.74, 6) is 0.268. The van der Waals surface area contributed by atoms with E-state index in [4.69, 9.17) is 23.2 Å². The van der Waals surface area contributed by atoms with Crippen molar-refractivity contribution in [2.24, 2.45) is 0 Å². The Kier molecular flexibility index (Phi) is 5.00. The summed E-state index contributed by atoms with van der Waals surface area (Å²) in [5.41, 5.74) is 1.09. The second kappa shape index (κ2) is 6.73. The number of halogens is 2. The summed E-state index contributed by atoms with van der Waals surface area (Å²) in [7, 11) is 0. The van der Waals surface area contributed by atoms with E-state index in [9.17, 15) is 0 Å². The van der Waals surface area contributed by atoms with E-state index in [-0.39, 0.29) is 5.92 Å². The number of nitrogens with zero attached hydrogens (tertiary/aromatic N) is 3. The Morgan fingerprint density at radius 1 is 1.37 bits per heavy atom. The molecule has 0 amide bonds. The second-order valence-corrected chi connectivity index (χ2v) is 5.19. The summed E-state index contributed by atoms with van der Waals surface area (Å²) in [4.78, 5) is 3.96. The lowest BCUT2D eigenvalue weighted by molar-refractivity contribution is 0.491. The third kappa shape index (κ3) is 3.82. The average molecular weight is 296 g/mol. The van der Waals surface area contributed by atoms with Gasteiger partial charge in [-0.15, -0.1) is 6.58 Å². The molecule has 0 fully saturated rings. The van der Waals surface area contributed by atoms with E-state index >= 15 is 0 Å². The van der Waals surface area contributed by atoms with Gasteiger partial charge in [-0.1, -0.05) is 35.3 Å². The van der Waals surface area contributed by atoms with Crippen LogP contribution in [0.2, 0.25) is 10.0 Å². The average Bonchev–Trinajstić information content (AvgIpc) is 2.88.